The maximum absolute atomic E-state index is 12.8. The van der Waals surface area contributed by atoms with Crippen molar-refractivity contribution >= 4 is 13.7 Å². The summed E-state index contributed by atoms with van der Waals surface area (Å²) < 4.78 is 23.1. The van der Waals surface area contributed by atoms with E-state index in [1.165, 1.54) is 103 Å². The van der Waals surface area contributed by atoms with Crippen LogP contribution in [0.1, 0.15) is 174 Å². The summed E-state index contributed by atoms with van der Waals surface area (Å²) in [5, 5.41) is 13.8. The van der Waals surface area contributed by atoms with Gasteiger partial charge in [0.2, 0.25) is 5.91 Å². The lowest BCUT2D eigenvalue weighted by Crippen LogP contribution is -2.46. The zero-order valence-corrected chi connectivity index (χ0v) is 32.4. The first kappa shape index (κ1) is 46.2. The van der Waals surface area contributed by atoms with Crippen molar-refractivity contribution in [2.45, 2.75) is 187 Å². The molecule has 0 saturated carbocycles. The molecule has 0 aliphatic carbocycles. The molecule has 0 aromatic carbocycles. The van der Waals surface area contributed by atoms with E-state index in [0.29, 0.717) is 23.9 Å². The van der Waals surface area contributed by atoms with E-state index in [1.54, 1.807) is 0 Å². The first-order valence-corrected chi connectivity index (χ1v) is 21.0. The number of amides is 1. The molecule has 0 radical (unpaired) electrons. The van der Waals surface area contributed by atoms with Crippen LogP contribution in [0.15, 0.2) is 12.2 Å². The van der Waals surface area contributed by atoms with E-state index in [2.05, 4.69) is 31.3 Å². The van der Waals surface area contributed by atoms with Crippen molar-refractivity contribution in [2.75, 3.05) is 40.9 Å². The SMILES string of the molecule is CCCCCCCCC/C=C/CCCC[C@@H](O)[C@H](COP(=O)([O-])OCC[N+](C)(C)C)NC(=O)CCCCCCCCCCCCCC. The summed E-state index contributed by atoms with van der Waals surface area (Å²) in [6.45, 7) is 4.67. The van der Waals surface area contributed by atoms with Crippen LogP contribution in [0.25, 0.3) is 0 Å². The molecule has 0 aromatic heterocycles. The molecule has 1 unspecified atom stereocenters. The number of unbranched alkanes of at least 4 members (excludes halogenated alkanes) is 20. The average Bonchev–Trinajstić information content (AvgIpc) is 3.01. The molecule has 0 saturated heterocycles. The zero-order chi connectivity index (χ0) is 35.1. The molecule has 47 heavy (non-hydrogen) atoms. The molecule has 0 rings (SSSR count). The van der Waals surface area contributed by atoms with Gasteiger partial charge in [-0.1, -0.05) is 142 Å². The number of allylic oxidation sites excluding steroid dienone is 2. The fraction of sp³-hybridized carbons (Fsp3) is 0.921. The van der Waals surface area contributed by atoms with Crippen molar-refractivity contribution in [1.29, 1.82) is 0 Å². The molecule has 2 N–H and O–H groups in total. The number of hydrogen-bond acceptors (Lipinski definition) is 6. The monoisotopic (exact) mass is 689 g/mol. The summed E-state index contributed by atoms with van der Waals surface area (Å²) in [6, 6.07) is -0.808. The van der Waals surface area contributed by atoms with Gasteiger partial charge in [-0.15, -0.1) is 0 Å². The minimum absolute atomic E-state index is 0.00922. The van der Waals surface area contributed by atoms with E-state index in [1.807, 2.05) is 21.1 Å². The quantitative estimate of drug-likeness (QED) is 0.0297. The van der Waals surface area contributed by atoms with Gasteiger partial charge in [0.15, 0.2) is 0 Å². The average molecular weight is 689 g/mol. The third kappa shape index (κ3) is 33.5. The lowest BCUT2D eigenvalue weighted by atomic mass is 10.0. The molecule has 280 valence electrons. The second-order valence-electron chi connectivity index (χ2n) is 14.6. The number of hydrogen-bond donors (Lipinski definition) is 2. The normalized spacial score (nSPS) is 14.8. The first-order chi connectivity index (χ1) is 22.5. The van der Waals surface area contributed by atoms with Gasteiger partial charge in [0.1, 0.15) is 13.2 Å². The molecule has 0 aliphatic heterocycles. The molecular formula is C38H77N2O6P. The molecule has 3 atom stereocenters. The Balaban J connectivity index is 4.50. The predicted molar refractivity (Wildman–Crippen MR) is 196 cm³/mol. The summed E-state index contributed by atoms with van der Waals surface area (Å²) in [4.78, 5) is 25.2. The molecule has 9 heteroatoms. The molecule has 0 bridgehead atoms. The van der Waals surface area contributed by atoms with Crippen LogP contribution < -0.4 is 10.2 Å². The van der Waals surface area contributed by atoms with E-state index in [0.717, 1.165) is 44.9 Å². The molecule has 0 aromatic rings. The van der Waals surface area contributed by atoms with Crippen LogP contribution in [-0.2, 0) is 18.4 Å². The van der Waals surface area contributed by atoms with Crippen molar-refractivity contribution in [3.05, 3.63) is 12.2 Å². The standard InChI is InChI=1S/C38H77N2O6P/c1-6-8-10-12-14-16-18-20-21-23-25-27-29-31-37(41)36(35-46-47(43,44)45-34-33-40(3,4)5)39-38(42)32-30-28-26-24-22-19-17-15-13-11-9-7-2/h21,23,36-37,41H,6-20,22,24-35H2,1-5H3,(H-,39,42,43,44)/b23-21+/t36-,37+/m0/s1. The van der Waals surface area contributed by atoms with Gasteiger partial charge in [-0.2, -0.15) is 0 Å². The number of phosphoric acid groups is 1. The van der Waals surface area contributed by atoms with Crippen molar-refractivity contribution < 1.29 is 32.9 Å². The fourth-order valence-corrected chi connectivity index (χ4v) is 6.28. The van der Waals surface area contributed by atoms with Crippen LogP contribution in [0.4, 0.5) is 0 Å². The third-order valence-corrected chi connectivity index (χ3v) is 9.72. The lowest BCUT2D eigenvalue weighted by molar-refractivity contribution is -0.870. The highest BCUT2D eigenvalue weighted by atomic mass is 31.2. The highest BCUT2D eigenvalue weighted by molar-refractivity contribution is 7.45. The Hall–Kier alpha value is -0.760. The number of aliphatic hydroxyl groups excluding tert-OH is 1. The predicted octanol–water partition coefficient (Wildman–Crippen LogP) is 9.39. The summed E-state index contributed by atoms with van der Waals surface area (Å²) in [7, 11) is 1.29. The van der Waals surface area contributed by atoms with Crippen molar-refractivity contribution in [2.24, 2.45) is 0 Å². The Morgan fingerprint density at radius 1 is 0.723 bits per heavy atom. The number of nitrogens with one attached hydrogen (secondary N) is 1. The molecule has 1 amide bonds. The zero-order valence-electron chi connectivity index (χ0n) is 31.5. The van der Waals surface area contributed by atoms with Crippen LogP contribution in [0.5, 0.6) is 0 Å². The number of rotatable bonds is 35. The summed E-state index contributed by atoms with van der Waals surface area (Å²) in [5.74, 6) is -0.176. The molecule has 0 fully saturated rings. The number of nitrogens with zero attached hydrogens (tertiary/aromatic N) is 1. The van der Waals surface area contributed by atoms with Crippen molar-refractivity contribution in [3.63, 3.8) is 0 Å². The Bertz CT molecular complexity index is 789. The topological polar surface area (TPSA) is 108 Å². The third-order valence-electron chi connectivity index (χ3n) is 8.75. The van der Waals surface area contributed by atoms with Gasteiger partial charge in [0.05, 0.1) is 39.9 Å². The lowest BCUT2D eigenvalue weighted by Gasteiger charge is -2.30. The molecule has 8 nitrogen and oxygen atoms in total. The van der Waals surface area contributed by atoms with Gasteiger partial charge in [0.25, 0.3) is 7.82 Å². The maximum Gasteiger partial charge on any atom is 0.268 e. The fourth-order valence-electron chi connectivity index (χ4n) is 5.56. The van der Waals surface area contributed by atoms with E-state index in [9.17, 15) is 19.4 Å². The van der Waals surface area contributed by atoms with Crippen LogP contribution in [0, 0.1) is 0 Å². The van der Waals surface area contributed by atoms with Gasteiger partial charge in [0, 0.05) is 6.42 Å². The Morgan fingerprint density at radius 2 is 1.17 bits per heavy atom. The largest absolute Gasteiger partial charge is 0.756 e. The maximum atomic E-state index is 12.8. The summed E-state index contributed by atoms with van der Waals surface area (Å²) >= 11 is 0. The van der Waals surface area contributed by atoms with Crippen LogP contribution in [-0.4, -0.2) is 68.5 Å². The number of carbonyl (C=O) groups excluding carboxylic acids is 1. The summed E-state index contributed by atoms with van der Waals surface area (Å²) in [6.07, 6.45) is 32.1. The Kier molecular flexibility index (Phi) is 30.7. The minimum Gasteiger partial charge on any atom is -0.756 e. The Morgan fingerprint density at radius 3 is 1.66 bits per heavy atom. The van der Waals surface area contributed by atoms with Crippen LogP contribution >= 0.6 is 7.82 Å². The van der Waals surface area contributed by atoms with Gasteiger partial charge in [-0.3, -0.25) is 9.36 Å². The number of likely N-dealkylation sites (N-methyl/N-ethyl adjacent to an activating group) is 1. The minimum atomic E-state index is -4.56. The van der Waals surface area contributed by atoms with Gasteiger partial charge < -0.3 is 28.8 Å². The highest BCUT2D eigenvalue weighted by Crippen LogP contribution is 2.38. The van der Waals surface area contributed by atoms with Gasteiger partial charge >= 0.3 is 0 Å². The molecule has 0 aliphatic rings. The van der Waals surface area contributed by atoms with Gasteiger partial charge in [-0.05, 0) is 38.5 Å². The van der Waals surface area contributed by atoms with Gasteiger partial charge in [-0.25, -0.2) is 0 Å². The number of carbonyl (C=O) groups is 1. The summed E-state index contributed by atoms with van der Waals surface area (Å²) in [5.41, 5.74) is 0. The number of aliphatic hydroxyl groups is 1. The van der Waals surface area contributed by atoms with E-state index in [-0.39, 0.29) is 19.1 Å². The second kappa shape index (κ2) is 31.2. The number of quaternary nitrogens is 1. The Labute approximate surface area is 291 Å². The first-order valence-electron chi connectivity index (χ1n) is 19.5. The smallest absolute Gasteiger partial charge is 0.268 e. The van der Waals surface area contributed by atoms with E-state index < -0.39 is 20.0 Å². The molecule has 0 heterocycles. The number of phosphoric ester groups is 1. The highest BCUT2D eigenvalue weighted by Gasteiger charge is 2.24. The van der Waals surface area contributed by atoms with E-state index in [4.69, 9.17) is 9.05 Å². The van der Waals surface area contributed by atoms with Crippen molar-refractivity contribution in [1.82, 2.24) is 5.32 Å². The molecule has 0 spiro atoms. The van der Waals surface area contributed by atoms with Crippen molar-refractivity contribution in [3.8, 4) is 0 Å². The van der Waals surface area contributed by atoms with E-state index >= 15 is 0 Å². The molecular weight excluding hydrogens is 611 g/mol. The van der Waals surface area contributed by atoms with Crippen LogP contribution in [0.2, 0.25) is 0 Å². The van der Waals surface area contributed by atoms with Crippen LogP contribution in [0.3, 0.4) is 0 Å². The second-order valence-corrected chi connectivity index (χ2v) is 16.0.